The molecule has 1 saturated heterocycles. The number of rotatable bonds is 6. The molecule has 1 amide bonds. The summed E-state index contributed by atoms with van der Waals surface area (Å²) in [5.74, 6) is 0.648. The maximum atomic E-state index is 13.2. The number of benzene rings is 2. The minimum absolute atomic E-state index is 0.117. The molecule has 1 aromatic heterocycles. The topological polar surface area (TPSA) is 91.6 Å². The van der Waals surface area contributed by atoms with Crippen molar-refractivity contribution in [3.05, 3.63) is 54.4 Å². The van der Waals surface area contributed by atoms with Crippen LogP contribution in [0.15, 0.2) is 48.8 Å². The number of amides is 1. The van der Waals surface area contributed by atoms with Gasteiger partial charge in [0, 0.05) is 19.2 Å². The zero-order valence-electron chi connectivity index (χ0n) is 16.9. The fraction of sp³-hybridized carbons (Fsp3) is 0.333. The molecular weight excluding hydrogens is 386 g/mol. The van der Waals surface area contributed by atoms with Gasteiger partial charge in [-0.15, -0.1) is 5.10 Å². The van der Waals surface area contributed by atoms with Gasteiger partial charge in [-0.25, -0.2) is 4.68 Å². The molecule has 1 aliphatic heterocycles. The van der Waals surface area contributed by atoms with E-state index in [9.17, 15) is 4.79 Å². The highest BCUT2D eigenvalue weighted by molar-refractivity contribution is 5.96. The summed E-state index contributed by atoms with van der Waals surface area (Å²) in [4.78, 5) is 14.8. The van der Waals surface area contributed by atoms with E-state index in [0.717, 1.165) is 16.9 Å². The molecule has 1 aliphatic rings. The van der Waals surface area contributed by atoms with E-state index in [0.29, 0.717) is 37.6 Å². The number of carbonyl (C=O) groups excluding carboxylic acids is 1. The second-order valence-corrected chi connectivity index (χ2v) is 7.00. The van der Waals surface area contributed by atoms with E-state index >= 15 is 0 Å². The zero-order chi connectivity index (χ0) is 20.9. The first-order chi connectivity index (χ1) is 14.6. The largest absolute Gasteiger partial charge is 0.497 e. The van der Waals surface area contributed by atoms with E-state index in [2.05, 4.69) is 15.5 Å². The van der Waals surface area contributed by atoms with Crippen molar-refractivity contribution >= 4 is 5.91 Å². The van der Waals surface area contributed by atoms with Crippen LogP contribution in [-0.4, -0.2) is 77.6 Å². The van der Waals surface area contributed by atoms with Gasteiger partial charge in [0.25, 0.3) is 5.91 Å². The van der Waals surface area contributed by atoms with Gasteiger partial charge in [-0.2, -0.15) is 0 Å². The SMILES string of the molecule is COc1ccc(-c2cc(C(=O)N(C)C[C@H]3COCCO3)cc(-n3cnnn3)c2)cc1. The average Bonchev–Trinajstić information content (AvgIpc) is 3.34. The van der Waals surface area contributed by atoms with Gasteiger partial charge in [0.1, 0.15) is 12.1 Å². The Morgan fingerprint density at radius 3 is 2.70 bits per heavy atom. The fourth-order valence-corrected chi connectivity index (χ4v) is 3.35. The van der Waals surface area contributed by atoms with E-state index in [1.165, 1.54) is 11.0 Å². The van der Waals surface area contributed by atoms with Crippen LogP contribution in [-0.2, 0) is 9.47 Å². The van der Waals surface area contributed by atoms with Gasteiger partial charge in [0.15, 0.2) is 0 Å². The second-order valence-electron chi connectivity index (χ2n) is 7.00. The Kier molecular flexibility index (Phi) is 6.01. The van der Waals surface area contributed by atoms with Crippen LogP contribution in [0.5, 0.6) is 5.75 Å². The van der Waals surface area contributed by atoms with Gasteiger partial charge >= 0.3 is 0 Å². The first-order valence-corrected chi connectivity index (χ1v) is 9.62. The summed E-state index contributed by atoms with van der Waals surface area (Å²) in [7, 11) is 3.39. The lowest BCUT2D eigenvalue weighted by Gasteiger charge is -2.27. The van der Waals surface area contributed by atoms with Crippen LogP contribution in [0.4, 0.5) is 0 Å². The highest BCUT2D eigenvalue weighted by atomic mass is 16.6. The molecule has 0 spiro atoms. The predicted molar refractivity (Wildman–Crippen MR) is 109 cm³/mol. The normalized spacial score (nSPS) is 16.3. The van der Waals surface area contributed by atoms with Gasteiger partial charge in [-0.3, -0.25) is 4.79 Å². The molecule has 0 unspecified atom stereocenters. The minimum Gasteiger partial charge on any atom is -0.497 e. The van der Waals surface area contributed by atoms with Crippen molar-refractivity contribution in [1.82, 2.24) is 25.1 Å². The summed E-state index contributed by atoms with van der Waals surface area (Å²) in [6.45, 7) is 2.07. The summed E-state index contributed by atoms with van der Waals surface area (Å²) in [6, 6.07) is 13.2. The molecule has 9 heteroatoms. The first kappa shape index (κ1) is 20.0. The summed E-state index contributed by atoms with van der Waals surface area (Å²) in [5.41, 5.74) is 3.06. The number of hydrogen-bond donors (Lipinski definition) is 0. The number of hydrogen-bond acceptors (Lipinski definition) is 7. The average molecular weight is 409 g/mol. The number of likely N-dealkylation sites (N-methyl/N-ethyl adjacent to an activating group) is 1. The van der Waals surface area contributed by atoms with Crippen LogP contribution in [0.25, 0.3) is 16.8 Å². The summed E-state index contributed by atoms with van der Waals surface area (Å²) < 4.78 is 17.9. The molecule has 3 aromatic rings. The van der Waals surface area contributed by atoms with Gasteiger partial charge in [0.2, 0.25) is 0 Å². The standard InChI is InChI=1S/C21H23N5O4/c1-25(12-20-13-29-7-8-30-20)21(27)17-9-16(15-3-5-19(28-2)6-4-15)10-18(11-17)26-14-22-23-24-26/h3-6,9-11,14,20H,7-8,12-13H2,1-2H3/t20-/m0/s1. The molecule has 4 rings (SSSR count). The van der Waals surface area contributed by atoms with Crippen molar-refractivity contribution in [1.29, 1.82) is 0 Å². The van der Waals surface area contributed by atoms with Crippen LogP contribution in [0.1, 0.15) is 10.4 Å². The molecule has 30 heavy (non-hydrogen) atoms. The van der Waals surface area contributed by atoms with E-state index in [4.69, 9.17) is 14.2 Å². The molecule has 2 aromatic carbocycles. The van der Waals surface area contributed by atoms with Crippen molar-refractivity contribution < 1.29 is 19.0 Å². The van der Waals surface area contributed by atoms with E-state index < -0.39 is 0 Å². The molecular formula is C21H23N5O4. The van der Waals surface area contributed by atoms with Gasteiger partial charge in [0.05, 0.1) is 38.7 Å². The smallest absolute Gasteiger partial charge is 0.253 e. The monoisotopic (exact) mass is 409 g/mol. The molecule has 1 fully saturated rings. The minimum atomic E-state index is -0.128. The van der Waals surface area contributed by atoms with Crippen LogP contribution >= 0.6 is 0 Å². The van der Waals surface area contributed by atoms with Crippen molar-refractivity contribution in [3.63, 3.8) is 0 Å². The predicted octanol–water partition coefficient (Wildman–Crippen LogP) is 1.83. The van der Waals surface area contributed by atoms with Crippen molar-refractivity contribution in [2.45, 2.75) is 6.10 Å². The Hall–Kier alpha value is -3.30. The maximum absolute atomic E-state index is 13.2. The highest BCUT2D eigenvalue weighted by Crippen LogP contribution is 2.26. The molecule has 0 bridgehead atoms. The van der Waals surface area contributed by atoms with Crippen LogP contribution in [0.2, 0.25) is 0 Å². The van der Waals surface area contributed by atoms with Crippen molar-refractivity contribution in [2.24, 2.45) is 0 Å². The number of aromatic nitrogens is 4. The lowest BCUT2D eigenvalue weighted by Crippen LogP contribution is -2.40. The second kappa shape index (κ2) is 9.02. The van der Waals surface area contributed by atoms with Gasteiger partial charge in [-0.1, -0.05) is 12.1 Å². The molecule has 1 atom stereocenters. The highest BCUT2D eigenvalue weighted by Gasteiger charge is 2.21. The van der Waals surface area contributed by atoms with Crippen molar-refractivity contribution in [3.8, 4) is 22.6 Å². The van der Waals surface area contributed by atoms with Gasteiger partial charge < -0.3 is 19.1 Å². The first-order valence-electron chi connectivity index (χ1n) is 9.62. The number of tetrazole rings is 1. The third-order valence-corrected chi connectivity index (χ3v) is 4.91. The lowest BCUT2D eigenvalue weighted by molar-refractivity contribution is -0.0933. The number of nitrogens with zero attached hydrogens (tertiary/aromatic N) is 5. The van der Waals surface area contributed by atoms with E-state index in [-0.39, 0.29) is 12.0 Å². The third-order valence-electron chi connectivity index (χ3n) is 4.91. The fourth-order valence-electron chi connectivity index (χ4n) is 3.35. The summed E-state index contributed by atoms with van der Waals surface area (Å²) in [6.07, 6.45) is 1.37. The molecule has 156 valence electrons. The Bertz CT molecular complexity index is 985. The lowest BCUT2D eigenvalue weighted by atomic mass is 10.0. The molecule has 2 heterocycles. The van der Waals surface area contributed by atoms with Gasteiger partial charge in [-0.05, 0) is 51.9 Å². The Morgan fingerprint density at radius 2 is 2.03 bits per heavy atom. The maximum Gasteiger partial charge on any atom is 0.253 e. The third kappa shape index (κ3) is 4.47. The molecule has 0 N–H and O–H groups in total. The van der Waals surface area contributed by atoms with Crippen LogP contribution in [0.3, 0.4) is 0 Å². The molecule has 0 radical (unpaired) electrons. The molecule has 0 aliphatic carbocycles. The number of carbonyl (C=O) groups is 1. The molecule has 0 saturated carbocycles. The van der Waals surface area contributed by atoms with E-state index in [1.54, 1.807) is 25.1 Å². The Morgan fingerprint density at radius 1 is 1.20 bits per heavy atom. The quantitative estimate of drug-likeness (QED) is 0.613. The van der Waals surface area contributed by atoms with Crippen LogP contribution < -0.4 is 4.74 Å². The number of methoxy groups -OCH3 is 1. The Balaban J connectivity index is 1.65. The molecule has 9 nitrogen and oxygen atoms in total. The van der Waals surface area contributed by atoms with Crippen molar-refractivity contribution in [2.75, 3.05) is 40.5 Å². The van der Waals surface area contributed by atoms with Crippen LogP contribution in [0, 0.1) is 0 Å². The number of ether oxygens (including phenoxy) is 3. The van der Waals surface area contributed by atoms with E-state index in [1.807, 2.05) is 36.4 Å². The Labute approximate surface area is 174 Å². The summed E-state index contributed by atoms with van der Waals surface area (Å²) >= 11 is 0. The zero-order valence-corrected chi connectivity index (χ0v) is 16.9. The summed E-state index contributed by atoms with van der Waals surface area (Å²) in [5, 5.41) is 11.4.